The number of hydrogen-bond donors (Lipinski definition) is 1. The molecule has 3 aromatic carbocycles. The number of nitriles is 1. The fourth-order valence-electron chi connectivity index (χ4n) is 3.92. The maximum absolute atomic E-state index is 13.5. The molecule has 3 aromatic rings. The molecule has 0 spiro atoms. The Hall–Kier alpha value is -3.53. The minimum absolute atomic E-state index is 0.0712. The van der Waals surface area contributed by atoms with Gasteiger partial charge in [0.2, 0.25) is 5.91 Å². The van der Waals surface area contributed by atoms with Crippen LogP contribution in [0.2, 0.25) is 5.02 Å². The predicted molar refractivity (Wildman–Crippen MR) is 141 cm³/mol. The van der Waals surface area contributed by atoms with Crippen molar-refractivity contribution in [3.8, 4) is 6.07 Å². The van der Waals surface area contributed by atoms with E-state index in [-0.39, 0.29) is 11.5 Å². The normalized spacial score (nSPS) is 16.7. The molecule has 0 saturated carbocycles. The highest BCUT2D eigenvalue weighted by atomic mass is 35.5. The Bertz CT molecular complexity index is 1300. The molecule has 0 aromatic heterocycles. The Balaban J connectivity index is 1.62. The molecule has 0 bridgehead atoms. The minimum Gasteiger partial charge on any atom is -0.351 e. The number of halogens is 1. The largest absolute Gasteiger partial charge is 0.351 e. The van der Waals surface area contributed by atoms with Crippen molar-refractivity contribution in [2.24, 2.45) is 0 Å². The first-order valence-electron chi connectivity index (χ1n) is 11.2. The summed E-state index contributed by atoms with van der Waals surface area (Å²) >= 11 is 7.31. The first-order chi connectivity index (χ1) is 17.0. The average Bonchev–Trinajstić information content (AvgIpc) is 3.16. The summed E-state index contributed by atoms with van der Waals surface area (Å²) in [6.45, 7) is 2.39. The van der Waals surface area contributed by atoms with E-state index in [2.05, 4.69) is 5.32 Å². The number of carbonyl (C=O) groups excluding carboxylic acids is 2. The van der Waals surface area contributed by atoms with Crippen molar-refractivity contribution in [3.63, 3.8) is 0 Å². The number of nitrogens with one attached hydrogen (secondary N) is 1. The summed E-state index contributed by atoms with van der Waals surface area (Å²) in [6, 6.07) is 26.7. The molecule has 1 aliphatic heterocycles. The number of carbonyl (C=O) groups is 2. The Morgan fingerprint density at radius 1 is 1.06 bits per heavy atom. The van der Waals surface area contributed by atoms with E-state index in [0.717, 1.165) is 16.7 Å². The van der Waals surface area contributed by atoms with E-state index in [4.69, 9.17) is 11.6 Å². The maximum Gasteiger partial charge on any atom is 0.264 e. The van der Waals surface area contributed by atoms with Crippen molar-refractivity contribution < 1.29 is 9.59 Å². The van der Waals surface area contributed by atoms with Gasteiger partial charge in [0.25, 0.3) is 5.91 Å². The van der Waals surface area contributed by atoms with Gasteiger partial charge >= 0.3 is 0 Å². The van der Waals surface area contributed by atoms with Crippen LogP contribution < -0.4 is 10.2 Å². The quantitative estimate of drug-likeness (QED) is 0.346. The van der Waals surface area contributed by atoms with Crippen LogP contribution in [0, 0.1) is 18.3 Å². The van der Waals surface area contributed by atoms with Crippen molar-refractivity contribution in [2.45, 2.75) is 25.0 Å². The number of aryl methyl sites for hydroxylation is 1. The van der Waals surface area contributed by atoms with E-state index >= 15 is 0 Å². The molecule has 1 fully saturated rings. The number of thioether (sulfide) groups is 1. The molecule has 2 amide bonds. The van der Waals surface area contributed by atoms with Crippen LogP contribution in [-0.4, -0.2) is 23.6 Å². The van der Waals surface area contributed by atoms with Crippen LogP contribution >= 0.6 is 23.4 Å². The Morgan fingerprint density at radius 2 is 1.77 bits per heavy atom. The molecule has 5 nitrogen and oxygen atoms in total. The highest BCUT2D eigenvalue weighted by Crippen LogP contribution is 2.42. The van der Waals surface area contributed by atoms with Crippen LogP contribution in [0.15, 0.2) is 89.5 Å². The molecule has 0 radical (unpaired) electrons. The fraction of sp³-hybridized carbons (Fsp3) is 0.179. The molecule has 1 aliphatic rings. The van der Waals surface area contributed by atoms with Gasteiger partial charge in [0, 0.05) is 17.3 Å². The molecule has 0 aliphatic carbocycles. The smallest absolute Gasteiger partial charge is 0.264 e. The zero-order chi connectivity index (χ0) is 24.8. The Kier molecular flexibility index (Phi) is 7.91. The summed E-state index contributed by atoms with van der Waals surface area (Å²) in [5, 5.41) is 13.2. The van der Waals surface area contributed by atoms with E-state index in [0.29, 0.717) is 35.1 Å². The number of nitrogens with zero attached hydrogens (tertiary/aromatic N) is 2. The van der Waals surface area contributed by atoms with E-state index in [1.165, 1.54) is 16.7 Å². The fourth-order valence-corrected chi connectivity index (χ4v) is 5.35. The van der Waals surface area contributed by atoms with Gasteiger partial charge in [-0.1, -0.05) is 83.5 Å². The number of benzene rings is 3. The molecule has 1 unspecified atom stereocenters. The SMILES string of the molecule is Cc1cccc(CC2S/C(=C(/C#N)C(=O)NCCc3ccccc3)N(c3ccc(Cl)cc3)C2=O)c1. The third-order valence-electron chi connectivity index (χ3n) is 5.64. The van der Waals surface area contributed by atoms with Gasteiger partial charge in [-0.25, -0.2) is 0 Å². The summed E-state index contributed by atoms with van der Waals surface area (Å²) in [5.74, 6) is -0.660. The first-order valence-corrected chi connectivity index (χ1v) is 12.5. The molecule has 1 heterocycles. The van der Waals surface area contributed by atoms with Crippen LogP contribution in [0.1, 0.15) is 16.7 Å². The second-order valence-corrected chi connectivity index (χ2v) is 9.86. The van der Waals surface area contributed by atoms with Gasteiger partial charge < -0.3 is 5.32 Å². The zero-order valence-corrected chi connectivity index (χ0v) is 20.8. The lowest BCUT2D eigenvalue weighted by Crippen LogP contribution is -2.32. The lowest BCUT2D eigenvalue weighted by atomic mass is 10.1. The number of rotatable bonds is 7. The summed E-state index contributed by atoms with van der Waals surface area (Å²) in [6.07, 6.45) is 1.14. The van der Waals surface area contributed by atoms with Crippen LogP contribution in [0.3, 0.4) is 0 Å². The second-order valence-electron chi connectivity index (χ2n) is 8.23. The topological polar surface area (TPSA) is 73.2 Å². The molecule has 1 saturated heterocycles. The molecule has 1 atom stereocenters. The monoisotopic (exact) mass is 501 g/mol. The van der Waals surface area contributed by atoms with Gasteiger partial charge in [-0.05, 0) is 55.2 Å². The van der Waals surface area contributed by atoms with Crippen molar-refractivity contribution in [1.82, 2.24) is 5.32 Å². The highest BCUT2D eigenvalue weighted by molar-refractivity contribution is 8.05. The summed E-state index contributed by atoms with van der Waals surface area (Å²) in [5.41, 5.74) is 3.72. The van der Waals surface area contributed by atoms with Crippen molar-refractivity contribution in [2.75, 3.05) is 11.4 Å². The lowest BCUT2D eigenvalue weighted by Gasteiger charge is -2.19. The van der Waals surface area contributed by atoms with Gasteiger partial charge in [0.05, 0.1) is 5.25 Å². The molecule has 7 heteroatoms. The molecular formula is C28H24ClN3O2S. The highest BCUT2D eigenvalue weighted by Gasteiger charge is 2.40. The lowest BCUT2D eigenvalue weighted by molar-refractivity contribution is -0.117. The minimum atomic E-state index is -0.492. The van der Waals surface area contributed by atoms with E-state index < -0.39 is 11.2 Å². The van der Waals surface area contributed by atoms with Crippen molar-refractivity contribution in [3.05, 3.63) is 111 Å². The standard InChI is InChI=1S/C28H24ClN3O2S/c1-19-6-5-9-21(16-19)17-25-27(34)32(23-12-10-22(29)11-13-23)28(35-25)24(18-30)26(33)31-15-14-20-7-3-2-4-8-20/h2-13,16,25H,14-15,17H2,1H3,(H,31,33)/b28-24-. The van der Waals surface area contributed by atoms with Crippen molar-refractivity contribution >= 4 is 40.9 Å². The third kappa shape index (κ3) is 5.94. The third-order valence-corrected chi connectivity index (χ3v) is 7.15. The van der Waals surface area contributed by atoms with E-state index in [1.807, 2.05) is 67.6 Å². The van der Waals surface area contributed by atoms with Crippen molar-refractivity contribution in [1.29, 1.82) is 5.26 Å². The van der Waals surface area contributed by atoms with Crippen LogP contribution in [0.25, 0.3) is 0 Å². The van der Waals surface area contributed by atoms with Crippen LogP contribution in [0.5, 0.6) is 0 Å². The first kappa shape index (κ1) is 24.6. The number of amides is 2. The Morgan fingerprint density at radius 3 is 2.46 bits per heavy atom. The van der Waals surface area contributed by atoms with Gasteiger partial charge in [-0.2, -0.15) is 5.26 Å². The van der Waals surface area contributed by atoms with Gasteiger partial charge in [-0.15, -0.1) is 0 Å². The van der Waals surface area contributed by atoms with E-state index in [9.17, 15) is 14.9 Å². The van der Waals surface area contributed by atoms with E-state index in [1.54, 1.807) is 24.3 Å². The number of hydrogen-bond acceptors (Lipinski definition) is 4. The maximum atomic E-state index is 13.5. The molecule has 1 N–H and O–H groups in total. The molecular weight excluding hydrogens is 478 g/mol. The average molecular weight is 502 g/mol. The van der Waals surface area contributed by atoms with Crippen LogP contribution in [-0.2, 0) is 22.4 Å². The summed E-state index contributed by atoms with van der Waals surface area (Å²) in [7, 11) is 0. The van der Waals surface area contributed by atoms with Crippen LogP contribution in [0.4, 0.5) is 5.69 Å². The molecule has 176 valence electrons. The zero-order valence-electron chi connectivity index (χ0n) is 19.2. The molecule has 4 rings (SSSR count). The van der Waals surface area contributed by atoms with Gasteiger partial charge in [0.1, 0.15) is 16.7 Å². The predicted octanol–water partition coefficient (Wildman–Crippen LogP) is 5.43. The van der Waals surface area contributed by atoms with Gasteiger partial charge in [0.15, 0.2) is 0 Å². The Labute approximate surface area is 214 Å². The summed E-state index contributed by atoms with van der Waals surface area (Å²) < 4.78 is 0. The molecule has 35 heavy (non-hydrogen) atoms. The van der Waals surface area contributed by atoms with Gasteiger partial charge in [-0.3, -0.25) is 14.5 Å². The summed E-state index contributed by atoms with van der Waals surface area (Å²) in [4.78, 5) is 28.0. The second kappa shape index (κ2) is 11.3. The number of anilines is 1.